The molecule has 0 fully saturated rings. The zero-order chi connectivity index (χ0) is 11.8. The predicted molar refractivity (Wildman–Crippen MR) is 68.4 cm³/mol. The van der Waals surface area contributed by atoms with E-state index in [9.17, 15) is 0 Å². The fourth-order valence-electron chi connectivity index (χ4n) is 1.51. The molecule has 1 N–H and O–H groups in total. The van der Waals surface area contributed by atoms with Crippen LogP contribution in [-0.4, -0.2) is 16.1 Å². The van der Waals surface area contributed by atoms with Gasteiger partial charge in [-0.25, -0.2) is 0 Å². The SMILES string of the molecule is CC#CCC(NCCC)c1snnc1CC. The zero-order valence-corrected chi connectivity index (χ0v) is 11.0. The van der Waals surface area contributed by atoms with Gasteiger partial charge in [0.25, 0.3) is 0 Å². The maximum absolute atomic E-state index is 4.15. The van der Waals surface area contributed by atoms with Gasteiger partial charge in [-0.3, -0.25) is 0 Å². The third-order valence-corrected chi connectivity index (χ3v) is 3.24. The first-order valence-corrected chi connectivity index (χ1v) is 6.54. The Kier molecular flexibility index (Phi) is 6.05. The summed E-state index contributed by atoms with van der Waals surface area (Å²) in [4.78, 5) is 1.25. The summed E-state index contributed by atoms with van der Waals surface area (Å²) in [5.41, 5.74) is 1.11. The highest BCUT2D eigenvalue weighted by Crippen LogP contribution is 2.23. The van der Waals surface area contributed by atoms with Crippen LogP contribution in [0, 0.1) is 11.8 Å². The standard InChI is InChI=1S/C12H19N3S/c1-4-7-8-11(13-9-5-2)12-10(6-3)14-15-16-12/h11,13H,5-6,8-9H2,1-3H3. The fraction of sp³-hybridized carbons (Fsp3) is 0.667. The molecule has 0 amide bonds. The molecule has 1 aromatic rings. The van der Waals surface area contributed by atoms with Gasteiger partial charge in [-0.1, -0.05) is 18.3 Å². The van der Waals surface area contributed by atoms with E-state index in [4.69, 9.17) is 0 Å². The topological polar surface area (TPSA) is 37.8 Å². The lowest BCUT2D eigenvalue weighted by atomic mass is 10.1. The zero-order valence-electron chi connectivity index (χ0n) is 10.2. The monoisotopic (exact) mass is 237 g/mol. The van der Waals surface area contributed by atoms with E-state index in [0.29, 0.717) is 6.04 Å². The molecule has 1 rings (SSSR count). The number of hydrogen-bond donors (Lipinski definition) is 1. The minimum absolute atomic E-state index is 0.294. The molecule has 1 aromatic heterocycles. The van der Waals surface area contributed by atoms with E-state index in [1.165, 1.54) is 16.4 Å². The van der Waals surface area contributed by atoms with Crippen LogP contribution in [0.3, 0.4) is 0 Å². The molecule has 0 radical (unpaired) electrons. The third kappa shape index (κ3) is 3.58. The third-order valence-electron chi connectivity index (χ3n) is 2.36. The molecule has 3 nitrogen and oxygen atoms in total. The second kappa shape index (κ2) is 7.37. The van der Waals surface area contributed by atoms with E-state index < -0.39 is 0 Å². The van der Waals surface area contributed by atoms with E-state index >= 15 is 0 Å². The second-order valence-corrected chi connectivity index (χ2v) is 4.36. The van der Waals surface area contributed by atoms with Crippen molar-refractivity contribution in [1.29, 1.82) is 0 Å². The number of nitrogens with one attached hydrogen (secondary N) is 1. The fourth-order valence-corrected chi connectivity index (χ4v) is 2.32. The van der Waals surface area contributed by atoms with Crippen LogP contribution in [0.5, 0.6) is 0 Å². The molecular formula is C12H19N3S. The number of hydrogen-bond acceptors (Lipinski definition) is 4. The molecule has 1 heterocycles. The van der Waals surface area contributed by atoms with Gasteiger partial charge in [0.1, 0.15) is 0 Å². The van der Waals surface area contributed by atoms with E-state index in [1.54, 1.807) is 0 Å². The lowest BCUT2D eigenvalue weighted by Gasteiger charge is -2.14. The van der Waals surface area contributed by atoms with Crippen LogP contribution in [0.2, 0.25) is 0 Å². The van der Waals surface area contributed by atoms with Gasteiger partial charge >= 0.3 is 0 Å². The summed E-state index contributed by atoms with van der Waals surface area (Å²) < 4.78 is 4.03. The normalized spacial score (nSPS) is 11.9. The van der Waals surface area contributed by atoms with Crippen molar-refractivity contribution in [3.8, 4) is 11.8 Å². The largest absolute Gasteiger partial charge is 0.308 e. The number of rotatable bonds is 6. The maximum Gasteiger partial charge on any atom is 0.0801 e. The molecule has 88 valence electrons. The molecule has 0 aromatic carbocycles. The molecule has 0 aliphatic rings. The van der Waals surface area contributed by atoms with E-state index in [2.05, 4.69) is 40.6 Å². The highest BCUT2D eigenvalue weighted by Gasteiger charge is 2.16. The van der Waals surface area contributed by atoms with Crippen molar-refractivity contribution >= 4 is 11.5 Å². The van der Waals surface area contributed by atoms with Gasteiger partial charge in [0.2, 0.25) is 0 Å². The summed E-state index contributed by atoms with van der Waals surface area (Å²) in [6, 6.07) is 0.294. The van der Waals surface area contributed by atoms with Crippen molar-refractivity contribution in [2.45, 2.75) is 46.1 Å². The van der Waals surface area contributed by atoms with Gasteiger partial charge in [-0.05, 0) is 37.8 Å². The lowest BCUT2D eigenvalue weighted by molar-refractivity contribution is 0.545. The smallest absolute Gasteiger partial charge is 0.0801 e. The van der Waals surface area contributed by atoms with Crippen molar-refractivity contribution < 1.29 is 0 Å². The Morgan fingerprint density at radius 2 is 2.25 bits per heavy atom. The first-order valence-electron chi connectivity index (χ1n) is 5.77. The molecule has 16 heavy (non-hydrogen) atoms. The molecule has 0 spiro atoms. The van der Waals surface area contributed by atoms with E-state index in [0.717, 1.165) is 31.5 Å². The lowest BCUT2D eigenvalue weighted by Crippen LogP contribution is -2.21. The van der Waals surface area contributed by atoms with Crippen LogP contribution in [0.4, 0.5) is 0 Å². The molecule has 1 atom stereocenters. The summed E-state index contributed by atoms with van der Waals surface area (Å²) in [6.07, 6.45) is 2.91. The van der Waals surface area contributed by atoms with E-state index in [-0.39, 0.29) is 0 Å². The number of aryl methyl sites for hydroxylation is 1. The molecule has 0 aliphatic heterocycles. The Balaban J connectivity index is 2.76. The molecule has 0 saturated carbocycles. The van der Waals surface area contributed by atoms with Crippen molar-refractivity contribution in [3.05, 3.63) is 10.6 Å². The van der Waals surface area contributed by atoms with Gasteiger partial charge in [-0.2, -0.15) is 0 Å². The quantitative estimate of drug-likeness (QED) is 0.773. The molecule has 4 heteroatoms. The van der Waals surface area contributed by atoms with Crippen LogP contribution < -0.4 is 5.32 Å². The minimum atomic E-state index is 0.294. The van der Waals surface area contributed by atoms with Gasteiger partial charge in [0.05, 0.1) is 16.6 Å². The number of aromatic nitrogens is 2. The van der Waals surface area contributed by atoms with Crippen molar-refractivity contribution in [2.24, 2.45) is 0 Å². The molecule has 1 unspecified atom stereocenters. The first-order chi connectivity index (χ1) is 7.83. The second-order valence-electron chi connectivity index (χ2n) is 3.58. The van der Waals surface area contributed by atoms with Crippen LogP contribution in [0.15, 0.2) is 0 Å². The average molecular weight is 237 g/mol. The summed E-state index contributed by atoms with van der Waals surface area (Å²) in [6.45, 7) is 7.17. The molecular weight excluding hydrogens is 218 g/mol. The first kappa shape index (κ1) is 13.1. The Bertz CT molecular complexity index is 362. The highest BCUT2D eigenvalue weighted by atomic mass is 32.1. The van der Waals surface area contributed by atoms with E-state index in [1.807, 2.05) is 6.92 Å². The Labute approximate surface area is 102 Å². The van der Waals surface area contributed by atoms with Crippen LogP contribution in [0.25, 0.3) is 0 Å². The maximum atomic E-state index is 4.15. The van der Waals surface area contributed by atoms with Crippen molar-refractivity contribution in [3.63, 3.8) is 0 Å². The molecule has 0 bridgehead atoms. The molecule has 0 aliphatic carbocycles. The van der Waals surface area contributed by atoms with Crippen LogP contribution >= 0.6 is 11.5 Å². The summed E-state index contributed by atoms with van der Waals surface area (Å²) >= 11 is 1.49. The van der Waals surface area contributed by atoms with Gasteiger partial charge in [-0.15, -0.1) is 16.9 Å². The van der Waals surface area contributed by atoms with Crippen LogP contribution in [0.1, 0.15) is 50.2 Å². The summed E-state index contributed by atoms with van der Waals surface area (Å²) in [7, 11) is 0. The Morgan fingerprint density at radius 3 is 2.88 bits per heavy atom. The minimum Gasteiger partial charge on any atom is -0.308 e. The van der Waals surface area contributed by atoms with Crippen molar-refractivity contribution in [1.82, 2.24) is 14.9 Å². The van der Waals surface area contributed by atoms with Gasteiger partial charge < -0.3 is 5.32 Å². The average Bonchev–Trinajstić information content (AvgIpc) is 2.77. The Morgan fingerprint density at radius 1 is 1.44 bits per heavy atom. The predicted octanol–water partition coefficient (Wildman–Crippen LogP) is 2.55. The summed E-state index contributed by atoms with van der Waals surface area (Å²) in [5.74, 6) is 6.08. The molecule has 0 saturated heterocycles. The van der Waals surface area contributed by atoms with Crippen LogP contribution in [-0.2, 0) is 6.42 Å². The number of nitrogens with zero attached hydrogens (tertiary/aromatic N) is 2. The van der Waals surface area contributed by atoms with Gasteiger partial charge in [0.15, 0.2) is 0 Å². The van der Waals surface area contributed by atoms with Gasteiger partial charge in [0, 0.05) is 6.42 Å². The Hall–Kier alpha value is -0.920. The highest BCUT2D eigenvalue weighted by molar-refractivity contribution is 7.05. The van der Waals surface area contributed by atoms with Crippen molar-refractivity contribution in [2.75, 3.05) is 6.54 Å². The summed E-state index contributed by atoms with van der Waals surface area (Å²) in [5, 5.41) is 7.66.